The average Bonchev–Trinajstić information content (AvgIpc) is 2.54. The zero-order valence-corrected chi connectivity index (χ0v) is 16.1. The number of nitrogens with two attached hydrogens (primary N) is 3. The highest BCUT2D eigenvalue weighted by Gasteiger charge is 2.06. The predicted molar refractivity (Wildman–Crippen MR) is 105 cm³/mol. The van der Waals surface area contributed by atoms with Crippen LogP contribution in [0.4, 0.5) is 0 Å². The van der Waals surface area contributed by atoms with Gasteiger partial charge in [-0.1, -0.05) is 71.6 Å². The first-order valence-corrected chi connectivity index (χ1v) is 10.4. The second-order valence-corrected chi connectivity index (χ2v) is 7.49. The highest BCUT2D eigenvalue weighted by Crippen LogP contribution is 2.13. The van der Waals surface area contributed by atoms with Gasteiger partial charge in [-0.05, 0) is 38.5 Å². The minimum atomic E-state index is 0.385. The van der Waals surface area contributed by atoms with Crippen LogP contribution in [0, 0.1) is 0 Å². The Hall–Kier alpha value is -0.120. The zero-order chi connectivity index (χ0) is 17.3. The van der Waals surface area contributed by atoms with Crippen molar-refractivity contribution in [2.75, 3.05) is 0 Å². The summed E-state index contributed by atoms with van der Waals surface area (Å²) in [6.45, 7) is 4.46. The summed E-state index contributed by atoms with van der Waals surface area (Å²) < 4.78 is 0. The van der Waals surface area contributed by atoms with E-state index in [2.05, 4.69) is 13.8 Å². The first kappa shape index (κ1) is 22.9. The van der Waals surface area contributed by atoms with Crippen LogP contribution in [0.3, 0.4) is 0 Å². The van der Waals surface area contributed by atoms with Crippen LogP contribution in [0.15, 0.2) is 0 Å². The Bertz CT molecular complexity index is 233. The summed E-state index contributed by atoms with van der Waals surface area (Å²) in [6, 6.07) is 1.21. The molecule has 0 fully saturated rings. The van der Waals surface area contributed by atoms with Gasteiger partial charge in [-0.15, -0.1) is 0 Å². The molecule has 0 amide bonds. The van der Waals surface area contributed by atoms with Crippen LogP contribution in [0.2, 0.25) is 0 Å². The summed E-state index contributed by atoms with van der Waals surface area (Å²) in [6.07, 6.45) is 18.4. The molecule has 0 bridgehead atoms. The normalized spacial score (nSPS) is 15.5. The molecule has 0 aliphatic heterocycles. The molecule has 3 unspecified atom stereocenters. The van der Waals surface area contributed by atoms with E-state index < -0.39 is 0 Å². The van der Waals surface area contributed by atoms with Gasteiger partial charge >= 0.3 is 0 Å². The smallest absolute Gasteiger partial charge is 0.00388 e. The first-order chi connectivity index (χ1) is 11.1. The van der Waals surface area contributed by atoms with Gasteiger partial charge in [0.05, 0.1) is 0 Å². The highest BCUT2D eigenvalue weighted by molar-refractivity contribution is 4.66. The van der Waals surface area contributed by atoms with E-state index in [1.165, 1.54) is 89.9 Å². The van der Waals surface area contributed by atoms with Gasteiger partial charge in [0.1, 0.15) is 0 Å². The molecule has 23 heavy (non-hydrogen) atoms. The molecule has 140 valence electrons. The van der Waals surface area contributed by atoms with Gasteiger partial charge in [-0.3, -0.25) is 0 Å². The van der Waals surface area contributed by atoms with Crippen LogP contribution in [0.5, 0.6) is 0 Å². The number of unbranched alkanes of at least 4 members (excludes halogenated alkanes) is 5. The van der Waals surface area contributed by atoms with E-state index >= 15 is 0 Å². The lowest BCUT2D eigenvalue weighted by molar-refractivity contribution is 0.457. The number of hydrogen-bond acceptors (Lipinski definition) is 3. The van der Waals surface area contributed by atoms with Gasteiger partial charge < -0.3 is 17.2 Å². The largest absolute Gasteiger partial charge is 0.328 e. The monoisotopic (exact) mass is 327 g/mol. The third kappa shape index (κ3) is 16.5. The number of rotatable bonds is 17. The Morgan fingerprint density at radius 1 is 0.435 bits per heavy atom. The van der Waals surface area contributed by atoms with Crippen LogP contribution in [0.1, 0.15) is 110 Å². The molecule has 0 aromatic rings. The van der Waals surface area contributed by atoms with Crippen LogP contribution in [-0.4, -0.2) is 18.1 Å². The van der Waals surface area contributed by atoms with E-state index in [0.717, 1.165) is 6.42 Å². The fourth-order valence-corrected chi connectivity index (χ4v) is 3.17. The third-order valence-electron chi connectivity index (χ3n) is 4.91. The standard InChI is InChI=1S/C20H45N3/c1-3-5-12-18(21)14-8-7-9-15-20(23)17-11-10-16-19(22)13-6-4-2/h18-20H,3-17,21-23H2,1-2H3. The topological polar surface area (TPSA) is 78.1 Å². The number of hydrogen-bond donors (Lipinski definition) is 3. The van der Waals surface area contributed by atoms with Crippen molar-refractivity contribution in [1.82, 2.24) is 0 Å². The summed E-state index contributed by atoms with van der Waals surface area (Å²) in [5, 5.41) is 0. The summed E-state index contributed by atoms with van der Waals surface area (Å²) in [5.41, 5.74) is 18.4. The summed E-state index contributed by atoms with van der Waals surface area (Å²) in [5.74, 6) is 0. The molecule has 0 aliphatic rings. The highest BCUT2D eigenvalue weighted by atomic mass is 14.6. The molecule has 0 aliphatic carbocycles. The van der Waals surface area contributed by atoms with Crippen molar-refractivity contribution < 1.29 is 0 Å². The molecule has 0 spiro atoms. The van der Waals surface area contributed by atoms with Crippen molar-refractivity contribution in [3.63, 3.8) is 0 Å². The molecule has 6 N–H and O–H groups in total. The van der Waals surface area contributed by atoms with Gasteiger partial charge in [0.2, 0.25) is 0 Å². The Morgan fingerprint density at radius 3 is 1.00 bits per heavy atom. The zero-order valence-electron chi connectivity index (χ0n) is 16.1. The Balaban J connectivity index is 3.35. The third-order valence-corrected chi connectivity index (χ3v) is 4.91. The SMILES string of the molecule is CCCCC(N)CCCCCC(N)CCCCC(N)CCCC. The van der Waals surface area contributed by atoms with Crippen LogP contribution < -0.4 is 17.2 Å². The molecule has 0 radical (unpaired) electrons. The van der Waals surface area contributed by atoms with E-state index in [0.29, 0.717) is 18.1 Å². The van der Waals surface area contributed by atoms with Gasteiger partial charge in [0, 0.05) is 18.1 Å². The summed E-state index contributed by atoms with van der Waals surface area (Å²) in [4.78, 5) is 0. The van der Waals surface area contributed by atoms with Crippen LogP contribution >= 0.6 is 0 Å². The van der Waals surface area contributed by atoms with Crippen LogP contribution in [-0.2, 0) is 0 Å². The molecule has 0 aromatic heterocycles. The van der Waals surface area contributed by atoms with E-state index in [9.17, 15) is 0 Å². The second-order valence-electron chi connectivity index (χ2n) is 7.49. The fourth-order valence-electron chi connectivity index (χ4n) is 3.17. The molecular weight excluding hydrogens is 282 g/mol. The predicted octanol–water partition coefficient (Wildman–Crippen LogP) is 4.86. The van der Waals surface area contributed by atoms with E-state index in [1.54, 1.807) is 0 Å². The Morgan fingerprint density at radius 2 is 0.696 bits per heavy atom. The molecule has 0 aromatic carbocycles. The summed E-state index contributed by atoms with van der Waals surface area (Å²) >= 11 is 0. The van der Waals surface area contributed by atoms with Crippen molar-refractivity contribution in [3.05, 3.63) is 0 Å². The maximum absolute atomic E-state index is 6.22. The van der Waals surface area contributed by atoms with E-state index in [-0.39, 0.29) is 0 Å². The average molecular weight is 328 g/mol. The van der Waals surface area contributed by atoms with Gasteiger partial charge in [0.25, 0.3) is 0 Å². The van der Waals surface area contributed by atoms with Crippen molar-refractivity contribution in [2.24, 2.45) is 17.2 Å². The van der Waals surface area contributed by atoms with Gasteiger partial charge in [-0.2, -0.15) is 0 Å². The molecule has 3 atom stereocenters. The van der Waals surface area contributed by atoms with Crippen molar-refractivity contribution in [3.8, 4) is 0 Å². The molecule has 0 rings (SSSR count). The van der Waals surface area contributed by atoms with Crippen molar-refractivity contribution in [2.45, 2.75) is 128 Å². The molecule has 3 nitrogen and oxygen atoms in total. The maximum Gasteiger partial charge on any atom is 0.00388 e. The second kappa shape index (κ2) is 16.7. The van der Waals surface area contributed by atoms with Crippen molar-refractivity contribution in [1.29, 1.82) is 0 Å². The summed E-state index contributed by atoms with van der Waals surface area (Å²) in [7, 11) is 0. The van der Waals surface area contributed by atoms with Gasteiger partial charge in [-0.25, -0.2) is 0 Å². The Kier molecular flexibility index (Phi) is 16.6. The van der Waals surface area contributed by atoms with Crippen LogP contribution in [0.25, 0.3) is 0 Å². The Labute approximate surface area is 146 Å². The first-order valence-electron chi connectivity index (χ1n) is 10.4. The van der Waals surface area contributed by atoms with E-state index in [4.69, 9.17) is 17.2 Å². The van der Waals surface area contributed by atoms with E-state index in [1.807, 2.05) is 0 Å². The lowest BCUT2D eigenvalue weighted by Crippen LogP contribution is -2.22. The molecule has 0 saturated heterocycles. The minimum Gasteiger partial charge on any atom is -0.328 e. The quantitative estimate of drug-likeness (QED) is 0.334. The lowest BCUT2D eigenvalue weighted by atomic mass is 9.98. The molecular formula is C20H45N3. The van der Waals surface area contributed by atoms with Gasteiger partial charge in [0.15, 0.2) is 0 Å². The molecule has 0 saturated carbocycles. The minimum absolute atomic E-state index is 0.385. The molecule has 3 heteroatoms. The maximum atomic E-state index is 6.22. The fraction of sp³-hybridized carbons (Fsp3) is 1.00. The molecule has 0 heterocycles. The lowest BCUT2D eigenvalue weighted by Gasteiger charge is -2.14. The van der Waals surface area contributed by atoms with Crippen molar-refractivity contribution >= 4 is 0 Å².